The van der Waals surface area contributed by atoms with Gasteiger partial charge in [0.1, 0.15) is 0 Å². The van der Waals surface area contributed by atoms with Crippen LogP contribution in [0.5, 0.6) is 11.5 Å². The largest absolute Gasteiger partial charge is 0.493 e. The number of amides is 1. The van der Waals surface area contributed by atoms with Crippen LogP contribution in [0.2, 0.25) is 0 Å². The van der Waals surface area contributed by atoms with Crippen molar-refractivity contribution >= 4 is 21.8 Å². The molecule has 0 bridgehead atoms. The first-order valence-corrected chi connectivity index (χ1v) is 8.10. The Kier molecular flexibility index (Phi) is 5.03. The minimum atomic E-state index is -4.68. The van der Waals surface area contributed by atoms with Crippen molar-refractivity contribution in [2.75, 3.05) is 24.3 Å². The summed E-state index contributed by atoms with van der Waals surface area (Å²) in [5.41, 5.74) is 0.326. The standard InChI is InChI=1S/C13H14F3NO5S/c1-21-11-5-9(2-3-10(11)22-13(14)15)17-6-8(4-12(17)18)7-23(16,19)20/h2-3,5,8,13H,4,6-7H2,1H3. The van der Waals surface area contributed by atoms with Crippen molar-refractivity contribution in [1.82, 2.24) is 0 Å². The zero-order chi connectivity index (χ0) is 17.2. The van der Waals surface area contributed by atoms with Gasteiger partial charge in [-0.2, -0.15) is 17.2 Å². The van der Waals surface area contributed by atoms with Crippen molar-refractivity contribution in [1.29, 1.82) is 0 Å². The molecule has 1 aliphatic heterocycles. The smallest absolute Gasteiger partial charge is 0.387 e. The third kappa shape index (κ3) is 4.50. The van der Waals surface area contributed by atoms with Gasteiger partial charge in [0.25, 0.3) is 0 Å². The Labute approximate surface area is 131 Å². The lowest BCUT2D eigenvalue weighted by Crippen LogP contribution is -2.25. The molecule has 1 fully saturated rings. The third-order valence-electron chi connectivity index (χ3n) is 3.31. The molecule has 128 valence electrons. The van der Waals surface area contributed by atoms with E-state index in [0.29, 0.717) is 5.69 Å². The fourth-order valence-electron chi connectivity index (χ4n) is 2.44. The quantitative estimate of drug-likeness (QED) is 0.731. The Bertz CT molecular complexity index is 695. The second-order valence-corrected chi connectivity index (χ2v) is 6.40. The minimum Gasteiger partial charge on any atom is -0.493 e. The van der Waals surface area contributed by atoms with E-state index in [-0.39, 0.29) is 30.4 Å². The molecule has 1 aromatic rings. The number of halogens is 3. The second kappa shape index (κ2) is 6.65. The summed E-state index contributed by atoms with van der Waals surface area (Å²) in [6.07, 6.45) is -0.110. The SMILES string of the molecule is COc1cc(N2CC(CS(=O)(=O)F)CC2=O)ccc1OC(F)F. The van der Waals surface area contributed by atoms with Crippen LogP contribution in [0, 0.1) is 5.92 Å². The maximum atomic E-state index is 12.7. The molecule has 10 heteroatoms. The lowest BCUT2D eigenvalue weighted by molar-refractivity contribution is -0.117. The molecule has 1 atom stereocenters. The first-order valence-electron chi connectivity index (χ1n) is 6.55. The number of methoxy groups -OCH3 is 1. The van der Waals surface area contributed by atoms with Gasteiger partial charge in [-0.15, -0.1) is 3.89 Å². The molecule has 1 unspecified atom stereocenters. The highest BCUT2D eigenvalue weighted by Crippen LogP contribution is 2.35. The molecule has 1 heterocycles. The number of hydrogen-bond acceptors (Lipinski definition) is 5. The molecule has 1 aromatic carbocycles. The Morgan fingerprint density at radius 3 is 2.61 bits per heavy atom. The Hall–Kier alpha value is -1.97. The number of alkyl halides is 2. The van der Waals surface area contributed by atoms with E-state index < -0.39 is 28.5 Å². The van der Waals surface area contributed by atoms with E-state index in [4.69, 9.17) is 4.74 Å². The van der Waals surface area contributed by atoms with Crippen LogP contribution >= 0.6 is 0 Å². The van der Waals surface area contributed by atoms with Gasteiger partial charge in [0.2, 0.25) is 5.91 Å². The number of benzene rings is 1. The van der Waals surface area contributed by atoms with E-state index in [1.54, 1.807) is 0 Å². The van der Waals surface area contributed by atoms with Gasteiger partial charge in [-0.05, 0) is 12.1 Å². The maximum Gasteiger partial charge on any atom is 0.387 e. The van der Waals surface area contributed by atoms with Crippen LogP contribution in [0.15, 0.2) is 18.2 Å². The third-order valence-corrected chi connectivity index (χ3v) is 4.18. The van der Waals surface area contributed by atoms with Gasteiger partial charge in [0, 0.05) is 30.6 Å². The Balaban J connectivity index is 2.20. The number of hydrogen-bond donors (Lipinski definition) is 0. The highest BCUT2D eigenvalue weighted by Gasteiger charge is 2.34. The highest BCUT2D eigenvalue weighted by molar-refractivity contribution is 7.86. The average Bonchev–Trinajstić information content (AvgIpc) is 2.77. The summed E-state index contributed by atoms with van der Waals surface area (Å²) >= 11 is 0. The van der Waals surface area contributed by atoms with Crippen molar-refractivity contribution in [2.45, 2.75) is 13.0 Å². The summed E-state index contributed by atoms with van der Waals surface area (Å²) in [6, 6.07) is 3.90. The fraction of sp³-hybridized carbons (Fsp3) is 0.462. The van der Waals surface area contributed by atoms with Gasteiger partial charge in [0.15, 0.2) is 11.5 Å². The topological polar surface area (TPSA) is 72.9 Å². The normalized spacial score (nSPS) is 18.6. The molecule has 0 aliphatic carbocycles. The van der Waals surface area contributed by atoms with Crippen LogP contribution < -0.4 is 14.4 Å². The molecule has 0 spiro atoms. The van der Waals surface area contributed by atoms with Crippen molar-refractivity contribution in [3.05, 3.63) is 18.2 Å². The number of carbonyl (C=O) groups excluding carboxylic acids is 1. The Morgan fingerprint density at radius 2 is 2.04 bits per heavy atom. The Morgan fingerprint density at radius 1 is 1.35 bits per heavy atom. The zero-order valence-electron chi connectivity index (χ0n) is 12.0. The first-order chi connectivity index (χ1) is 10.7. The molecule has 23 heavy (non-hydrogen) atoms. The van der Waals surface area contributed by atoms with E-state index >= 15 is 0 Å². The summed E-state index contributed by atoms with van der Waals surface area (Å²) in [5.74, 6) is -1.99. The monoisotopic (exact) mass is 353 g/mol. The fourth-order valence-corrected chi connectivity index (χ4v) is 3.23. The second-order valence-electron chi connectivity index (χ2n) is 4.99. The zero-order valence-corrected chi connectivity index (χ0v) is 12.9. The molecule has 1 amide bonds. The number of anilines is 1. The molecule has 0 saturated carbocycles. The van der Waals surface area contributed by atoms with Gasteiger partial charge in [-0.3, -0.25) is 4.79 Å². The molecular formula is C13H14F3NO5S. The van der Waals surface area contributed by atoms with Crippen LogP contribution in [0.25, 0.3) is 0 Å². The van der Waals surface area contributed by atoms with Crippen LogP contribution in [0.1, 0.15) is 6.42 Å². The van der Waals surface area contributed by atoms with E-state index in [1.165, 1.54) is 30.2 Å². The van der Waals surface area contributed by atoms with Crippen LogP contribution in [0.3, 0.4) is 0 Å². The number of carbonyl (C=O) groups is 1. The van der Waals surface area contributed by atoms with Crippen molar-refractivity contribution < 1.29 is 35.4 Å². The molecular weight excluding hydrogens is 339 g/mol. The van der Waals surface area contributed by atoms with Crippen molar-refractivity contribution in [2.24, 2.45) is 5.92 Å². The highest BCUT2D eigenvalue weighted by atomic mass is 32.3. The van der Waals surface area contributed by atoms with E-state index in [0.717, 1.165) is 0 Å². The van der Waals surface area contributed by atoms with Gasteiger partial charge in [0.05, 0.1) is 12.9 Å². The predicted octanol–water partition coefficient (Wildman–Crippen LogP) is 1.95. The summed E-state index contributed by atoms with van der Waals surface area (Å²) in [5, 5.41) is 0. The van der Waals surface area contributed by atoms with Gasteiger partial charge < -0.3 is 14.4 Å². The van der Waals surface area contributed by atoms with Crippen LogP contribution in [-0.2, 0) is 15.0 Å². The molecule has 1 saturated heterocycles. The number of nitrogens with zero attached hydrogens (tertiary/aromatic N) is 1. The van der Waals surface area contributed by atoms with Crippen LogP contribution in [0.4, 0.5) is 18.4 Å². The first kappa shape index (κ1) is 17.4. The molecule has 2 rings (SSSR count). The summed E-state index contributed by atoms with van der Waals surface area (Å²) in [4.78, 5) is 13.2. The van der Waals surface area contributed by atoms with Gasteiger partial charge in [-0.1, -0.05) is 0 Å². The average molecular weight is 353 g/mol. The molecule has 0 radical (unpaired) electrons. The van der Waals surface area contributed by atoms with Gasteiger partial charge in [-0.25, -0.2) is 0 Å². The van der Waals surface area contributed by atoms with E-state index in [2.05, 4.69) is 4.74 Å². The van der Waals surface area contributed by atoms with Crippen LogP contribution in [-0.4, -0.2) is 40.3 Å². The predicted molar refractivity (Wildman–Crippen MR) is 75.0 cm³/mol. The summed E-state index contributed by atoms with van der Waals surface area (Å²) in [6.45, 7) is -3.01. The number of rotatable bonds is 6. The summed E-state index contributed by atoms with van der Waals surface area (Å²) < 4.78 is 67.8. The minimum absolute atomic E-state index is 0.00263. The molecule has 1 aliphatic rings. The maximum absolute atomic E-state index is 12.7. The lowest BCUT2D eigenvalue weighted by Gasteiger charge is -2.18. The molecule has 6 nitrogen and oxygen atoms in total. The van der Waals surface area contributed by atoms with E-state index in [9.17, 15) is 25.9 Å². The molecule has 0 N–H and O–H groups in total. The van der Waals surface area contributed by atoms with E-state index in [1.807, 2.05) is 0 Å². The lowest BCUT2D eigenvalue weighted by atomic mass is 10.1. The van der Waals surface area contributed by atoms with Crippen molar-refractivity contribution in [3.63, 3.8) is 0 Å². The number of ether oxygens (including phenoxy) is 2. The van der Waals surface area contributed by atoms with Gasteiger partial charge >= 0.3 is 16.8 Å². The van der Waals surface area contributed by atoms with Crippen molar-refractivity contribution in [3.8, 4) is 11.5 Å². The summed E-state index contributed by atoms with van der Waals surface area (Å²) in [7, 11) is -3.42. The molecule has 0 aromatic heterocycles.